The van der Waals surface area contributed by atoms with Gasteiger partial charge >= 0.3 is 0 Å². The van der Waals surface area contributed by atoms with Crippen LogP contribution in [-0.4, -0.2) is 80.8 Å². The monoisotopic (exact) mass is 525 g/mol. The number of carbonyl (C=O) groups excluding carboxylic acids is 1. The van der Waals surface area contributed by atoms with Crippen molar-refractivity contribution in [3.05, 3.63) is 47.5 Å². The lowest BCUT2D eigenvalue weighted by atomic mass is 9.86. The van der Waals surface area contributed by atoms with Gasteiger partial charge in [0.1, 0.15) is 11.3 Å². The number of amides is 1. The van der Waals surface area contributed by atoms with Gasteiger partial charge in [-0.1, -0.05) is 11.6 Å². The van der Waals surface area contributed by atoms with Gasteiger partial charge in [0.05, 0.1) is 32.3 Å². The number of aliphatic hydroxyl groups is 1. The number of aromatic nitrogens is 4. The van der Waals surface area contributed by atoms with Gasteiger partial charge in [-0.05, 0) is 55.4 Å². The molecule has 11 heteroatoms. The molecule has 2 aliphatic rings. The molecule has 3 N–H and O–H groups in total. The summed E-state index contributed by atoms with van der Waals surface area (Å²) in [5, 5.41) is 17.6. The summed E-state index contributed by atoms with van der Waals surface area (Å²) in [6.07, 6.45) is 9.60. The zero-order valence-electron chi connectivity index (χ0n) is 20.6. The molecule has 4 heterocycles. The standard InChI is InChI=1S/C26H32ClN7O3/c27-25-24-19(7-8-28-25)3-6-22(33-24)32-20-4-1-17(2-5-20)12-29-26-30-13-18(14-31-26)11-23(36)34(9-10-35)21-15-37-16-21/h3,6-8,13-14,17,20-21,35H,1-2,4-5,9-12,15-16H2,(H,32,33)(H,29,30,31)/t17-,20-. The molecule has 2 fully saturated rings. The molecular formula is C26H32ClN7O3. The molecule has 5 rings (SSSR count). The number of nitrogens with one attached hydrogen (secondary N) is 2. The molecule has 1 saturated carbocycles. The van der Waals surface area contributed by atoms with E-state index in [1.165, 1.54) is 0 Å². The van der Waals surface area contributed by atoms with E-state index < -0.39 is 0 Å². The molecule has 1 aliphatic heterocycles. The van der Waals surface area contributed by atoms with Crippen molar-refractivity contribution in [2.75, 3.05) is 43.5 Å². The largest absolute Gasteiger partial charge is 0.395 e. The molecule has 0 unspecified atom stereocenters. The number of halogens is 1. The minimum absolute atomic E-state index is 0.0457. The Balaban J connectivity index is 1.06. The summed E-state index contributed by atoms with van der Waals surface area (Å²) in [5.74, 6) is 1.90. The smallest absolute Gasteiger partial charge is 0.227 e. The molecule has 3 aromatic rings. The lowest BCUT2D eigenvalue weighted by molar-refractivity contribution is -0.144. The van der Waals surface area contributed by atoms with Crippen LogP contribution in [0.25, 0.3) is 10.9 Å². The number of aliphatic hydroxyl groups excluding tert-OH is 1. The van der Waals surface area contributed by atoms with Crippen LogP contribution in [0.5, 0.6) is 0 Å². The second-order valence-corrected chi connectivity index (χ2v) is 10.1. The third kappa shape index (κ3) is 6.44. The minimum atomic E-state index is -0.0630. The molecule has 3 aromatic heterocycles. The fourth-order valence-electron chi connectivity index (χ4n) is 4.89. The Bertz CT molecular complexity index is 1200. The highest BCUT2D eigenvalue weighted by Crippen LogP contribution is 2.28. The first kappa shape index (κ1) is 25.6. The zero-order chi connectivity index (χ0) is 25.6. The number of carbonyl (C=O) groups is 1. The SMILES string of the molecule is O=C(Cc1cnc(NC[C@H]2CC[C@H](Nc3ccc4ccnc(Cl)c4n3)CC2)nc1)N(CCO)C1COC1. The molecule has 196 valence electrons. The quantitative estimate of drug-likeness (QED) is 0.342. The van der Waals surface area contributed by atoms with Crippen molar-refractivity contribution in [1.29, 1.82) is 0 Å². The maximum atomic E-state index is 12.6. The van der Waals surface area contributed by atoms with Crippen LogP contribution in [0.1, 0.15) is 31.2 Å². The summed E-state index contributed by atoms with van der Waals surface area (Å²) in [5.41, 5.74) is 1.47. The van der Waals surface area contributed by atoms with Gasteiger partial charge in [0.15, 0.2) is 5.15 Å². The highest BCUT2D eigenvalue weighted by Gasteiger charge is 2.29. The number of anilines is 2. The van der Waals surface area contributed by atoms with E-state index in [0.29, 0.717) is 42.8 Å². The Morgan fingerprint density at radius 3 is 2.59 bits per heavy atom. The average molecular weight is 526 g/mol. The zero-order valence-corrected chi connectivity index (χ0v) is 21.4. The van der Waals surface area contributed by atoms with E-state index in [0.717, 1.165) is 54.5 Å². The van der Waals surface area contributed by atoms with Crippen molar-refractivity contribution >= 4 is 40.2 Å². The van der Waals surface area contributed by atoms with Gasteiger partial charge in [-0.2, -0.15) is 0 Å². The molecule has 0 atom stereocenters. The predicted octanol–water partition coefficient (Wildman–Crippen LogP) is 2.92. The molecule has 0 aromatic carbocycles. The number of nitrogens with zero attached hydrogens (tertiary/aromatic N) is 5. The lowest BCUT2D eigenvalue weighted by Crippen LogP contribution is -2.53. The van der Waals surface area contributed by atoms with Gasteiger partial charge in [0.25, 0.3) is 0 Å². The van der Waals surface area contributed by atoms with Crippen molar-refractivity contribution in [2.45, 2.75) is 44.2 Å². The summed E-state index contributed by atoms with van der Waals surface area (Å²) in [4.78, 5) is 31.9. The summed E-state index contributed by atoms with van der Waals surface area (Å²) in [7, 11) is 0. The summed E-state index contributed by atoms with van der Waals surface area (Å²) >= 11 is 6.20. The number of fused-ring (bicyclic) bond motifs is 1. The van der Waals surface area contributed by atoms with Crippen LogP contribution >= 0.6 is 11.6 Å². The molecule has 0 bridgehead atoms. The van der Waals surface area contributed by atoms with Crippen molar-refractivity contribution in [1.82, 2.24) is 24.8 Å². The molecule has 0 spiro atoms. The van der Waals surface area contributed by atoms with Crippen molar-refractivity contribution in [3.8, 4) is 0 Å². The molecule has 1 saturated heterocycles. The molecule has 10 nitrogen and oxygen atoms in total. The fraction of sp³-hybridized carbons (Fsp3) is 0.500. The number of rotatable bonds is 10. The van der Waals surface area contributed by atoms with E-state index in [1.807, 2.05) is 18.2 Å². The molecule has 1 amide bonds. The Hall–Kier alpha value is -3.08. The first-order chi connectivity index (χ1) is 18.1. The average Bonchev–Trinajstić information content (AvgIpc) is 2.88. The minimum Gasteiger partial charge on any atom is -0.395 e. The van der Waals surface area contributed by atoms with Crippen LogP contribution in [0, 0.1) is 5.92 Å². The van der Waals surface area contributed by atoms with E-state index in [4.69, 9.17) is 16.3 Å². The number of hydrogen-bond acceptors (Lipinski definition) is 9. The Kier molecular flexibility index (Phi) is 8.28. The number of hydrogen-bond donors (Lipinski definition) is 3. The Morgan fingerprint density at radius 2 is 1.89 bits per heavy atom. The van der Waals surface area contributed by atoms with E-state index in [-0.39, 0.29) is 25.0 Å². The lowest BCUT2D eigenvalue weighted by Gasteiger charge is -2.37. The normalized spacial score (nSPS) is 19.8. The molecule has 0 radical (unpaired) electrons. The second-order valence-electron chi connectivity index (χ2n) is 9.71. The van der Waals surface area contributed by atoms with Crippen LogP contribution in [0.3, 0.4) is 0 Å². The second kappa shape index (κ2) is 12.0. The maximum Gasteiger partial charge on any atom is 0.227 e. The molecular weight excluding hydrogens is 494 g/mol. The molecule has 1 aliphatic carbocycles. The highest BCUT2D eigenvalue weighted by molar-refractivity contribution is 6.33. The van der Waals surface area contributed by atoms with Crippen molar-refractivity contribution in [2.24, 2.45) is 5.92 Å². The fourth-order valence-corrected chi connectivity index (χ4v) is 5.09. The van der Waals surface area contributed by atoms with Gasteiger partial charge in [-0.25, -0.2) is 19.9 Å². The topological polar surface area (TPSA) is 125 Å². The Morgan fingerprint density at radius 1 is 1.11 bits per heavy atom. The van der Waals surface area contributed by atoms with Crippen LogP contribution in [0.4, 0.5) is 11.8 Å². The van der Waals surface area contributed by atoms with E-state index in [9.17, 15) is 9.90 Å². The highest BCUT2D eigenvalue weighted by atomic mass is 35.5. The summed E-state index contributed by atoms with van der Waals surface area (Å²) < 4.78 is 5.18. The summed E-state index contributed by atoms with van der Waals surface area (Å²) in [6.45, 7) is 2.11. The maximum absolute atomic E-state index is 12.6. The van der Waals surface area contributed by atoms with Crippen LogP contribution in [0.2, 0.25) is 5.15 Å². The number of ether oxygens (including phenoxy) is 1. The summed E-state index contributed by atoms with van der Waals surface area (Å²) in [6, 6.07) is 6.34. The van der Waals surface area contributed by atoms with Crippen LogP contribution < -0.4 is 10.6 Å². The Labute approximate surface area is 220 Å². The van der Waals surface area contributed by atoms with Crippen molar-refractivity contribution in [3.63, 3.8) is 0 Å². The van der Waals surface area contributed by atoms with Crippen LogP contribution in [-0.2, 0) is 16.0 Å². The van der Waals surface area contributed by atoms with Gasteiger partial charge in [-0.3, -0.25) is 4.79 Å². The van der Waals surface area contributed by atoms with E-state index in [1.54, 1.807) is 23.5 Å². The molecule has 37 heavy (non-hydrogen) atoms. The van der Waals surface area contributed by atoms with Gasteiger partial charge in [0, 0.05) is 43.1 Å². The van der Waals surface area contributed by atoms with Crippen LogP contribution in [0.15, 0.2) is 36.8 Å². The van der Waals surface area contributed by atoms with Gasteiger partial charge in [0.2, 0.25) is 11.9 Å². The first-order valence-corrected chi connectivity index (χ1v) is 13.2. The van der Waals surface area contributed by atoms with Gasteiger partial charge in [-0.15, -0.1) is 0 Å². The third-order valence-corrected chi connectivity index (χ3v) is 7.37. The first-order valence-electron chi connectivity index (χ1n) is 12.8. The van der Waals surface area contributed by atoms with Crippen molar-refractivity contribution < 1.29 is 14.6 Å². The number of pyridine rings is 2. The van der Waals surface area contributed by atoms with Gasteiger partial charge < -0.3 is 25.4 Å². The third-order valence-electron chi connectivity index (χ3n) is 7.09. The van der Waals surface area contributed by atoms with E-state index >= 15 is 0 Å². The van der Waals surface area contributed by atoms with E-state index in [2.05, 4.69) is 30.6 Å². The predicted molar refractivity (Wildman–Crippen MR) is 142 cm³/mol.